The fourth-order valence-electron chi connectivity index (χ4n) is 1.24. The first kappa shape index (κ1) is 16.6. The maximum atomic E-state index is 11.8. The van der Waals surface area contributed by atoms with Gasteiger partial charge < -0.3 is 10.6 Å². The molecule has 0 saturated carbocycles. The maximum absolute atomic E-state index is 11.8. The van der Waals surface area contributed by atoms with E-state index in [-0.39, 0.29) is 24.2 Å². The van der Waals surface area contributed by atoms with Crippen LogP contribution in [0.4, 0.5) is 13.2 Å². The minimum absolute atomic E-state index is 0. The highest BCUT2D eigenvalue weighted by Gasteiger charge is 2.29. The summed E-state index contributed by atoms with van der Waals surface area (Å²) in [4.78, 5) is 11.1. The number of hydrogen-bond acceptors (Lipinski definition) is 3. The van der Waals surface area contributed by atoms with Gasteiger partial charge in [-0.05, 0) is 24.7 Å². The molecule has 0 aliphatic carbocycles. The predicted octanol–water partition coefficient (Wildman–Crippen LogP) is 1.70. The lowest BCUT2D eigenvalue weighted by Crippen LogP contribution is -2.31. The van der Waals surface area contributed by atoms with Crippen molar-refractivity contribution in [3.8, 4) is 0 Å². The van der Waals surface area contributed by atoms with Crippen molar-refractivity contribution in [3.63, 3.8) is 0 Å². The Morgan fingerprint density at radius 3 is 2.76 bits per heavy atom. The molecular formula is C9H14ClF3N2OS. The van der Waals surface area contributed by atoms with Crippen molar-refractivity contribution < 1.29 is 18.0 Å². The van der Waals surface area contributed by atoms with Crippen molar-refractivity contribution in [1.82, 2.24) is 10.6 Å². The molecule has 0 aromatic carbocycles. The summed E-state index contributed by atoms with van der Waals surface area (Å²) < 4.78 is 35.3. The first-order chi connectivity index (χ1) is 7.47. The van der Waals surface area contributed by atoms with E-state index >= 15 is 0 Å². The van der Waals surface area contributed by atoms with Crippen LogP contribution in [0.3, 0.4) is 0 Å². The van der Waals surface area contributed by atoms with E-state index in [2.05, 4.69) is 10.6 Å². The van der Waals surface area contributed by atoms with Gasteiger partial charge in [0.25, 0.3) is 0 Å². The Kier molecular flexibility index (Phi) is 7.65. The second-order valence-electron chi connectivity index (χ2n) is 3.33. The average molecular weight is 291 g/mol. The largest absolute Gasteiger partial charge is 0.442 e. The van der Waals surface area contributed by atoms with Crippen LogP contribution >= 0.6 is 24.2 Å². The molecule has 100 valence electrons. The Hall–Kier alpha value is -0.400. The highest BCUT2D eigenvalue weighted by Crippen LogP contribution is 2.29. The minimum atomic E-state index is -4.34. The van der Waals surface area contributed by atoms with Crippen LogP contribution in [0.1, 0.15) is 6.42 Å². The summed E-state index contributed by atoms with van der Waals surface area (Å²) >= 11 is -0.316. The second-order valence-corrected chi connectivity index (χ2v) is 4.37. The molecular weight excluding hydrogens is 277 g/mol. The van der Waals surface area contributed by atoms with E-state index in [1.54, 1.807) is 0 Å². The molecule has 0 aromatic rings. The van der Waals surface area contributed by atoms with E-state index in [1.165, 1.54) is 0 Å². The van der Waals surface area contributed by atoms with Crippen LogP contribution in [0.5, 0.6) is 0 Å². The minimum Gasteiger partial charge on any atom is -0.352 e. The van der Waals surface area contributed by atoms with Crippen molar-refractivity contribution in [2.75, 3.05) is 25.4 Å². The number of carbonyl (C=O) groups excluding carboxylic acids is 1. The summed E-state index contributed by atoms with van der Waals surface area (Å²) in [5.41, 5.74) is -3.28. The molecule has 0 unspecified atom stereocenters. The average Bonchev–Trinajstić information content (AvgIpc) is 2.24. The van der Waals surface area contributed by atoms with Crippen LogP contribution in [0.2, 0.25) is 0 Å². The van der Waals surface area contributed by atoms with E-state index < -0.39 is 17.2 Å². The third-order valence-corrected chi connectivity index (χ3v) is 2.77. The summed E-state index contributed by atoms with van der Waals surface area (Å²) in [5.74, 6) is -1.16. The molecule has 1 amide bonds. The van der Waals surface area contributed by atoms with Crippen molar-refractivity contribution in [2.45, 2.75) is 11.9 Å². The lowest BCUT2D eigenvalue weighted by atomic mass is 10.1. The Bertz CT molecular complexity index is 284. The Balaban J connectivity index is 0.00000256. The smallest absolute Gasteiger partial charge is 0.352 e. The highest BCUT2D eigenvalue weighted by atomic mass is 35.5. The third-order valence-electron chi connectivity index (χ3n) is 2.04. The quantitative estimate of drug-likeness (QED) is 0.774. The molecule has 0 atom stereocenters. The van der Waals surface area contributed by atoms with Gasteiger partial charge in [-0.25, -0.2) is 0 Å². The standard InChI is InChI=1S/C9H13F3N2OS.ClH/c10-9(11,12)16-6-8(15)14-5-7-1-3-13-4-2-7;/h1,13H,2-6H2,(H,14,15);1H. The van der Waals surface area contributed by atoms with Crippen LogP contribution in [0.15, 0.2) is 11.6 Å². The van der Waals surface area contributed by atoms with Crippen molar-refractivity contribution >= 4 is 30.1 Å². The molecule has 3 nitrogen and oxygen atoms in total. The molecule has 8 heteroatoms. The number of hydrogen-bond donors (Lipinski definition) is 2. The Labute approximate surface area is 108 Å². The molecule has 1 heterocycles. The molecule has 0 fully saturated rings. The van der Waals surface area contributed by atoms with E-state index in [4.69, 9.17) is 0 Å². The first-order valence-corrected chi connectivity index (χ1v) is 5.82. The molecule has 1 aliphatic heterocycles. The topological polar surface area (TPSA) is 41.1 Å². The number of alkyl halides is 3. The number of rotatable bonds is 4. The lowest BCUT2D eigenvalue weighted by molar-refractivity contribution is -0.118. The van der Waals surface area contributed by atoms with Crippen molar-refractivity contribution in [3.05, 3.63) is 11.6 Å². The summed E-state index contributed by atoms with van der Waals surface area (Å²) in [7, 11) is 0. The van der Waals surface area contributed by atoms with E-state index in [0.29, 0.717) is 6.54 Å². The van der Waals surface area contributed by atoms with Gasteiger partial charge in [-0.2, -0.15) is 13.2 Å². The fourth-order valence-corrected chi connectivity index (χ4v) is 1.64. The van der Waals surface area contributed by atoms with E-state index in [9.17, 15) is 18.0 Å². The van der Waals surface area contributed by atoms with Crippen molar-refractivity contribution in [2.24, 2.45) is 0 Å². The molecule has 2 N–H and O–H groups in total. The zero-order valence-corrected chi connectivity index (χ0v) is 10.6. The molecule has 0 radical (unpaired) electrons. The predicted molar refractivity (Wildman–Crippen MR) is 64.3 cm³/mol. The number of nitrogens with one attached hydrogen (secondary N) is 2. The van der Waals surface area contributed by atoms with Gasteiger partial charge in [0.1, 0.15) is 0 Å². The zero-order chi connectivity index (χ0) is 12.0. The highest BCUT2D eigenvalue weighted by molar-refractivity contribution is 8.00. The molecule has 0 spiro atoms. The molecule has 1 aliphatic rings. The Morgan fingerprint density at radius 1 is 1.53 bits per heavy atom. The van der Waals surface area contributed by atoms with Gasteiger partial charge in [0.2, 0.25) is 5.91 Å². The zero-order valence-electron chi connectivity index (χ0n) is 8.97. The van der Waals surface area contributed by atoms with Gasteiger partial charge in [0.05, 0.1) is 5.75 Å². The fraction of sp³-hybridized carbons (Fsp3) is 0.667. The molecule has 17 heavy (non-hydrogen) atoms. The van der Waals surface area contributed by atoms with Crippen LogP contribution in [-0.4, -0.2) is 36.8 Å². The second kappa shape index (κ2) is 7.84. The van der Waals surface area contributed by atoms with Gasteiger partial charge in [0.15, 0.2) is 0 Å². The lowest BCUT2D eigenvalue weighted by Gasteiger charge is -2.14. The van der Waals surface area contributed by atoms with Crippen LogP contribution in [0, 0.1) is 0 Å². The molecule has 0 aromatic heterocycles. The number of thioether (sulfide) groups is 1. The monoisotopic (exact) mass is 290 g/mol. The van der Waals surface area contributed by atoms with Gasteiger partial charge in [-0.3, -0.25) is 4.79 Å². The summed E-state index contributed by atoms with van der Waals surface area (Å²) in [6, 6.07) is 0. The third kappa shape index (κ3) is 8.34. The molecule has 0 bridgehead atoms. The van der Waals surface area contributed by atoms with Crippen LogP contribution in [-0.2, 0) is 4.79 Å². The van der Waals surface area contributed by atoms with Crippen molar-refractivity contribution in [1.29, 1.82) is 0 Å². The summed E-state index contributed by atoms with van der Waals surface area (Å²) in [6.45, 7) is 1.94. The molecule has 1 rings (SSSR count). The SMILES string of the molecule is Cl.O=C(CSC(F)(F)F)NCC1=CCNCC1. The van der Waals surface area contributed by atoms with E-state index in [0.717, 1.165) is 25.1 Å². The number of amides is 1. The summed E-state index contributed by atoms with van der Waals surface area (Å²) in [5, 5.41) is 5.57. The normalized spacial score (nSPS) is 15.8. The van der Waals surface area contributed by atoms with Crippen LogP contribution in [0.25, 0.3) is 0 Å². The van der Waals surface area contributed by atoms with Gasteiger partial charge in [-0.1, -0.05) is 11.6 Å². The first-order valence-electron chi connectivity index (χ1n) is 4.83. The Morgan fingerprint density at radius 2 is 2.24 bits per heavy atom. The van der Waals surface area contributed by atoms with E-state index in [1.807, 2.05) is 6.08 Å². The molecule has 0 saturated heterocycles. The van der Waals surface area contributed by atoms with Gasteiger partial charge in [-0.15, -0.1) is 12.4 Å². The van der Waals surface area contributed by atoms with Gasteiger partial charge in [0, 0.05) is 13.1 Å². The summed E-state index contributed by atoms with van der Waals surface area (Å²) in [6.07, 6.45) is 2.77. The maximum Gasteiger partial charge on any atom is 0.442 e. The number of halogens is 4. The van der Waals surface area contributed by atoms with Gasteiger partial charge >= 0.3 is 5.51 Å². The number of carbonyl (C=O) groups is 1. The van der Waals surface area contributed by atoms with Crippen LogP contribution < -0.4 is 10.6 Å².